The van der Waals surface area contributed by atoms with Crippen molar-refractivity contribution < 1.29 is 4.74 Å². The molecular weight excluding hydrogens is 242 g/mol. The first-order chi connectivity index (χ1) is 8.17. The molecule has 1 fully saturated rings. The van der Waals surface area contributed by atoms with Gasteiger partial charge in [-0.3, -0.25) is 0 Å². The number of nitrogens with zero attached hydrogens (tertiary/aromatic N) is 4. The Bertz CT molecular complexity index is 389. The van der Waals surface area contributed by atoms with Crippen molar-refractivity contribution in [2.75, 3.05) is 32.1 Å². The Labute approximate surface area is 105 Å². The molecule has 17 heavy (non-hydrogen) atoms. The average molecular weight is 258 g/mol. The molecule has 1 atom stereocenters. The maximum absolute atomic E-state index is 5.81. The van der Waals surface area contributed by atoms with E-state index in [1.807, 2.05) is 6.92 Å². The number of likely N-dealkylation sites (N-methyl/N-ethyl adjacent to an activating group) is 1. The number of hydrogen-bond acceptors (Lipinski definition) is 6. The van der Waals surface area contributed by atoms with Crippen molar-refractivity contribution in [2.24, 2.45) is 0 Å². The SMILES string of the molecule is CCOc1nc(Cl)nc(NC2CCN(C)C2)n1. The number of aromatic nitrogens is 3. The number of rotatable bonds is 4. The van der Waals surface area contributed by atoms with Crippen LogP contribution in [0, 0.1) is 0 Å². The lowest BCUT2D eigenvalue weighted by atomic mass is 10.3. The van der Waals surface area contributed by atoms with Gasteiger partial charge in [-0.15, -0.1) is 0 Å². The van der Waals surface area contributed by atoms with E-state index in [1.54, 1.807) is 0 Å². The number of ether oxygens (including phenoxy) is 1. The maximum atomic E-state index is 5.81. The van der Waals surface area contributed by atoms with Crippen LogP contribution in [0.5, 0.6) is 6.01 Å². The topological polar surface area (TPSA) is 63.2 Å². The monoisotopic (exact) mass is 257 g/mol. The Morgan fingerprint density at radius 1 is 1.47 bits per heavy atom. The summed E-state index contributed by atoms with van der Waals surface area (Å²) in [4.78, 5) is 14.3. The zero-order chi connectivity index (χ0) is 12.3. The van der Waals surface area contributed by atoms with Crippen molar-refractivity contribution >= 4 is 17.5 Å². The smallest absolute Gasteiger partial charge is 0.322 e. The van der Waals surface area contributed by atoms with Crippen LogP contribution in [-0.4, -0.2) is 52.6 Å². The molecule has 0 spiro atoms. The summed E-state index contributed by atoms with van der Waals surface area (Å²) in [5, 5.41) is 3.39. The summed E-state index contributed by atoms with van der Waals surface area (Å²) >= 11 is 5.81. The minimum absolute atomic E-state index is 0.150. The highest BCUT2D eigenvalue weighted by Crippen LogP contribution is 2.15. The Kier molecular flexibility index (Phi) is 3.96. The van der Waals surface area contributed by atoms with E-state index in [9.17, 15) is 0 Å². The van der Waals surface area contributed by atoms with Gasteiger partial charge in [-0.05, 0) is 38.5 Å². The van der Waals surface area contributed by atoms with Gasteiger partial charge < -0.3 is 15.0 Å². The van der Waals surface area contributed by atoms with Gasteiger partial charge in [-0.1, -0.05) is 0 Å². The van der Waals surface area contributed by atoms with Gasteiger partial charge in [0.25, 0.3) is 0 Å². The zero-order valence-corrected chi connectivity index (χ0v) is 10.7. The van der Waals surface area contributed by atoms with E-state index in [1.165, 1.54) is 0 Å². The van der Waals surface area contributed by atoms with Gasteiger partial charge in [-0.25, -0.2) is 0 Å². The fraction of sp³-hybridized carbons (Fsp3) is 0.700. The van der Waals surface area contributed by atoms with Crippen molar-refractivity contribution in [3.05, 3.63) is 5.28 Å². The molecule has 2 heterocycles. The lowest BCUT2D eigenvalue weighted by molar-refractivity contribution is 0.312. The van der Waals surface area contributed by atoms with Crippen LogP contribution in [-0.2, 0) is 0 Å². The van der Waals surface area contributed by atoms with E-state index < -0.39 is 0 Å². The third kappa shape index (κ3) is 3.41. The predicted molar refractivity (Wildman–Crippen MR) is 65.5 cm³/mol. The van der Waals surface area contributed by atoms with Gasteiger partial charge >= 0.3 is 6.01 Å². The summed E-state index contributed by atoms with van der Waals surface area (Å²) in [6.45, 7) is 4.44. The minimum atomic E-state index is 0.150. The fourth-order valence-electron chi connectivity index (χ4n) is 1.83. The first-order valence-electron chi connectivity index (χ1n) is 5.67. The zero-order valence-electron chi connectivity index (χ0n) is 9.98. The minimum Gasteiger partial charge on any atom is -0.464 e. The molecule has 0 amide bonds. The first kappa shape index (κ1) is 12.3. The first-order valence-corrected chi connectivity index (χ1v) is 6.04. The number of nitrogens with one attached hydrogen (secondary N) is 1. The molecule has 7 heteroatoms. The molecule has 1 unspecified atom stereocenters. The molecule has 1 N–H and O–H groups in total. The normalized spacial score (nSPS) is 20.5. The van der Waals surface area contributed by atoms with Crippen molar-refractivity contribution in [1.82, 2.24) is 19.9 Å². The van der Waals surface area contributed by atoms with E-state index >= 15 is 0 Å². The van der Waals surface area contributed by atoms with E-state index in [2.05, 4.69) is 32.2 Å². The molecule has 0 bridgehead atoms. The van der Waals surface area contributed by atoms with E-state index in [4.69, 9.17) is 16.3 Å². The molecule has 1 saturated heterocycles. The summed E-state index contributed by atoms with van der Waals surface area (Å²) in [7, 11) is 2.09. The van der Waals surface area contributed by atoms with Crippen molar-refractivity contribution in [3.8, 4) is 6.01 Å². The van der Waals surface area contributed by atoms with Gasteiger partial charge in [0.15, 0.2) is 0 Å². The number of halogens is 1. The summed E-state index contributed by atoms with van der Waals surface area (Å²) in [5.74, 6) is 0.480. The van der Waals surface area contributed by atoms with Crippen molar-refractivity contribution in [1.29, 1.82) is 0 Å². The second-order valence-corrected chi connectivity index (χ2v) is 4.37. The summed E-state index contributed by atoms with van der Waals surface area (Å²) in [5.41, 5.74) is 0. The summed E-state index contributed by atoms with van der Waals surface area (Å²) < 4.78 is 5.22. The van der Waals surface area contributed by atoms with Crippen LogP contribution in [0.2, 0.25) is 5.28 Å². The molecule has 0 aliphatic carbocycles. The lowest BCUT2D eigenvalue weighted by Gasteiger charge is -2.13. The maximum Gasteiger partial charge on any atom is 0.322 e. The third-order valence-corrected chi connectivity index (χ3v) is 2.75. The van der Waals surface area contributed by atoms with Crippen LogP contribution in [0.25, 0.3) is 0 Å². The Morgan fingerprint density at radius 2 is 2.29 bits per heavy atom. The second-order valence-electron chi connectivity index (χ2n) is 4.04. The molecule has 6 nitrogen and oxygen atoms in total. The predicted octanol–water partition coefficient (Wildman–Crippen LogP) is 1.04. The van der Waals surface area contributed by atoms with Gasteiger partial charge in [0.05, 0.1) is 6.61 Å². The van der Waals surface area contributed by atoms with E-state index in [-0.39, 0.29) is 11.3 Å². The van der Waals surface area contributed by atoms with E-state index in [0.717, 1.165) is 19.5 Å². The molecule has 2 rings (SSSR count). The van der Waals surface area contributed by atoms with Crippen LogP contribution in [0.15, 0.2) is 0 Å². The Hall–Kier alpha value is -1.14. The summed E-state index contributed by atoms with van der Waals surface area (Å²) in [6.07, 6.45) is 1.07. The highest BCUT2D eigenvalue weighted by molar-refractivity contribution is 6.28. The van der Waals surface area contributed by atoms with Crippen LogP contribution < -0.4 is 10.1 Å². The third-order valence-electron chi connectivity index (χ3n) is 2.59. The van der Waals surface area contributed by atoms with Crippen LogP contribution >= 0.6 is 11.6 Å². The Morgan fingerprint density at radius 3 is 2.94 bits per heavy atom. The quantitative estimate of drug-likeness (QED) is 0.870. The van der Waals surface area contributed by atoms with Crippen LogP contribution in [0.1, 0.15) is 13.3 Å². The molecular formula is C10H16ClN5O. The van der Waals surface area contributed by atoms with Crippen LogP contribution in [0.4, 0.5) is 5.95 Å². The molecule has 1 aliphatic heterocycles. The van der Waals surface area contributed by atoms with Gasteiger partial charge in [0.1, 0.15) is 0 Å². The number of anilines is 1. The summed E-state index contributed by atoms with van der Waals surface area (Å²) in [6, 6.07) is 0.620. The van der Waals surface area contributed by atoms with Gasteiger partial charge in [0.2, 0.25) is 11.2 Å². The van der Waals surface area contributed by atoms with Crippen LogP contribution in [0.3, 0.4) is 0 Å². The fourth-order valence-corrected chi connectivity index (χ4v) is 1.98. The molecule has 1 aromatic rings. The molecule has 1 aliphatic rings. The van der Waals surface area contributed by atoms with Gasteiger partial charge in [-0.2, -0.15) is 15.0 Å². The molecule has 0 aromatic carbocycles. The van der Waals surface area contributed by atoms with Crippen molar-refractivity contribution in [2.45, 2.75) is 19.4 Å². The van der Waals surface area contributed by atoms with Gasteiger partial charge in [0, 0.05) is 12.6 Å². The largest absolute Gasteiger partial charge is 0.464 e. The molecule has 94 valence electrons. The van der Waals surface area contributed by atoms with Crippen molar-refractivity contribution in [3.63, 3.8) is 0 Å². The Balaban J connectivity index is 2.04. The highest BCUT2D eigenvalue weighted by Gasteiger charge is 2.20. The second kappa shape index (κ2) is 5.46. The standard InChI is InChI=1S/C10H16ClN5O/c1-3-17-10-14-8(11)13-9(15-10)12-7-4-5-16(2)6-7/h7H,3-6H2,1-2H3,(H,12,13,14,15). The molecule has 0 radical (unpaired) electrons. The lowest BCUT2D eigenvalue weighted by Crippen LogP contribution is -2.24. The molecule has 1 aromatic heterocycles. The molecule has 0 saturated carbocycles. The number of hydrogen-bond donors (Lipinski definition) is 1. The number of likely N-dealkylation sites (tertiary alicyclic amines) is 1. The van der Waals surface area contributed by atoms with E-state index in [0.29, 0.717) is 18.6 Å². The highest BCUT2D eigenvalue weighted by atomic mass is 35.5. The average Bonchev–Trinajstić information content (AvgIpc) is 2.63.